The van der Waals surface area contributed by atoms with Crippen LogP contribution in [0.1, 0.15) is 85.0 Å². The van der Waals surface area contributed by atoms with Gasteiger partial charge in [-0.25, -0.2) is 0 Å². The minimum absolute atomic E-state index is 0.00139. The molecule has 4 saturated carbocycles. The van der Waals surface area contributed by atoms with Crippen molar-refractivity contribution < 1.29 is 28.1 Å². The second-order valence-corrected chi connectivity index (χ2v) is 11.7. The molecule has 6 heteroatoms. The molecule has 30 heavy (non-hydrogen) atoms. The molecule has 0 aromatic heterocycles. The Balaban J connectivity index is 1.42. The van der Waals surface area contributed by atoms with E-state index in [1.54, 1.807) is 0 Å². The molecule has 0 aliphatic heterocycles. The highest BCUT2D eigenvalue weighted by Gasteiger charge is 2.61. The lowest BCUT2D eigenvalue weighted by molar-refractivity contribution is -0.210. The Bertz CT molecular complexity index is 636. The van der Waals surface area contributed by atoms with Crippen LogP contribution >= 0.6 is 0 Å². The van der Waals surface area contributed by atoms with Gasteiger partial charge in [-0.1, -0.05) is 13.8 Å². The first-order valence-electron chi connectivity index (χ1n) is 12.0. The first-order chi connectivity index (χ1) is 13.9. The third kappa shape index (κ3) is 3.83. The summed E-state index contributed by atoms with van der Waals surface area (Å²) in [6.07, 6.45) is 2.31. The standard InChI is InChI=1S/C24H39F3O3/c1-21(29)11-12-22(2)15(14-21)4-5-16-17-6-7-20(23(17,3)10-8-18(16)22)30-13-9-19(28)24(25,26)27/h15-20,28-29H,4-14H2,1-3H3/t15-,16?,17?,18?,19?,20-,21-,22-,23-/m0/s1. The molecule has 0 amide bonds. The van der Waals surface area contributed by atoms with Crippen LogP contribution in [0.15, 0.2) is 0 Å². The molecule has 3 nitrogen and oxygen atoms in total. The summed E-state index contributed by atoms with van der Waals surface area (Å²) in [7, 11) is 0. The summed E-state index contributed by atoms with van der Waals surface area (Å²) in [6.45, 7) is 6.72. The molecule has 0 heterocycles. The molecule has 2 N–H and O–H groups in total. The van der Waals surface area contributed by atoms with Crippen molar-refractivity contribution in [1.29, 1.82) is 0 Å². The highest BCUT2D eigenvalue weighted by atomic mass is 19.4. The van der Waals surface area contributed by atoms with Crippen LogP contribution in [0.3, 0.4) is 0 Å². The van der Waals surface area contributed by atoms with Crippen molar-refractivity contribution in [3.05, 3.63) is 0 Å². The second kappa shape index (κ2) is 7.62. The second-order valence-electron chi connectivity index (χ2n) is 11.7. The number of hydrogen-bond donors (Lipinski definition) is 2. The number of alkyl halides is 3. The molecule has 0 saturated heterocycles. The Morgan fingerprint density at radius 1 is 0.933 bits per heavy atom. The van der Waals surface area contributed by atoms with Crippen molar-refractivity contribution in [3.63, 3.8) is 0 Å². The number of aliphatic hydroxyl groups is 2. The van der Waals surface area contributed by atoms with E-state index in [1.165, 1.54) is 12.8 Å². The molecule has 0 aromatic carbocycles. The largest absolute Gasteiger partial charge is 0.414 e. The zero-order valence-corrected chi connectivity index (χ0v) is 18.7. The number of ether oxygens (including phenoxy) is 1. The maximum Gasteiger partial charge on any atom is 0.414 e. The van der Waals surface area contributed by atoms with Crippen LogP contribution in [-0.4, -0.2) is 40.8 Å². The molecular weight excluding hydrogens is 393 g/mol. The Labute approximate surface area is 178 Å². The predicted octanol–water partition coefficient (Wildman–Crippen LogP) is 5.48. The fourth-order valence-corrected chi connectivity index (χ4v) is 8.14. The molecule has 0 spiro atoms. The van der Waals surface area contributed by atoms with E-state index >= 15 is 0 Å². The van der Waals surface area contributed by atoms with Crippen LogP contribution in [0.5, 0.6) is 0 Å². The van der Waals surface area contributed by atoms with Crippen molar-refractivity contribution in [2.75, 3.05) is 6.61 Å². The molecular formula is C24H39F3O3. The van der Waals surface area contributed by atoms with E-state index in [0.717, 1.165) is 44.9 Å². The van der Waals surface area contributed by atoms with Gasteiger partial charge in [0.05, 0.1) is 11.7 Å². The van der Waals surface area contributed by atoms with Gasteiger partial charge in [-0.15, -0.1) is 0 Å². The molecule has 0 aromatic rings. The lowest BCUT2D eigenvalue weighted by atomic mass is 9.44. The monoisotopic (exact) mass is 432 g/mol. The van der Waals surface area contributed by atoms with Crippen molar-refractivity contribution in [3.8, 4) is 0 Å². The van der Waals surface area contributed by atoms with Crippen LogP contribution in [0, 0.1) is 34.5 Å². The molecule has 0 radical (unpaired) electrons. The molecule has 174 valence electrons. The zero-order chi connectivity index (χ0) is 21.9. The van der Waals surface area contributed by atoms with E-state index in [1.807, 2.05) is 6.92 Å². The smallest absolute Gasteiger partial charge is 0.390 e. The average molecular weight is 433 g/mol. The summed E-state index contributed by atoms with van der Waals surface area (Å²) < 4.78 is 43.7. The quantitative estimate of drug-likeness (QED) is 0.619. The van der Waals surface area contributed by atoms with Gasteiger partial charge >= 0.3 is 6.18 Å². The van der Waals surface area contributed by atoms with E-state index in [0.29, 0.717) is 29.1 Å². The van der Waals surface area contributed by atoms with Crippen LogP contribution < -0.4 is 0 Å². The fourth-order valence-electron chi connectivity index (χ4n) is 8.14. The first kappa shape index (κ1) is 22.8. The number of rotatable bonds is 4. The van der Waals surface area contributed by atoms with Gasteiger partial charge in [-0.3, -0.25) is 0 Å². The van der Waals surface area contributed by atoms with Crippen LogP contribution in [0.2, 0.25) is 0 Å². The van der Waals surface area contributed by atoms with Gasteiger partial charge < -0.3 is 14.9 Å². The summed E-state index contributed by atoms with van der Waals surface area (Å²) in [5, 5.41) is 19.9. The molecule has 4 aliphatic rings. The predicted molar refractivity (Wildman–Crippen MR) is 109 cm³/mol. The minimum atomic E-state index is -4.57. The average Bonchev–Trinajstić information content (AvgIpc) is 2.98. The Kier molecular flexibility index (Phi) is 5.80. The van der Waals surface area contributed by atoms with Crippen LogP contribution in [0.25, 0.3) is 0 Å². The number of halogens is 3. The summed E-state index contributed by atoms with van der Waals surface area (Å²) in [5.41, 5.74) is -0.177. The molecule has 9 atom stereocenters. The van der Waals surface area contributed by atoms with E-state index in [-0.39, 0.29) is 24.5 Å². The van der Waals surface area contributed by atoms with Gasteiger partial charge in [0.1, 0.15) is 0 Å². The normalized spacial score (nSPS) is 49.8. The van der Waals surface area contributed by atoms with Gasteiger partial charge in [-0.2, -0.15) is 13.2 Å². The van der Waals surface area contributed by atoms with Gasteiger partial charge in [-0.05, 0) is 99.2 Å². The summed E-state index contributed by atoms with van der Waals surface area (Å²) in [5.74, 6) is 2.54. The van der Waals surface area contributed by atoms with Crippen LogP contribution in [-0.2, 0) is 4.74 Å². The van der Waals surface area contributed by atoms with E-state index in [9.17, 15) is 23.4 Å². The molecule has 4 aliphatic carbocycles. The summed E-state index contributed by atoms with van der Waals surface area (Å²) in [4.78, 5) is 0. The molecule has 4 rings (SSSR count). The third-order valence-electron chi connectivity index (χ3n) is 9.95. The van der Waals surface area contributed by atoms with Crippen LogP contribution in [0.4, 0.5) is 13.2 Å². The third-order valence-corrected chi connectivity index (χ3v) is 9.95. The number of hydrogen-bond acceptors (Lipinski definition) is 3. The summed E-state index contributed by atoms with van der Waals surface area (Å²) in [6, 6.07) is 0. The Hall–Kier alpha value is -0.330. The SMILES string of the molecule is C[C@]1(O)CC[C@]2(C)C3CC[C@@]4(C)C(CC[C@@H]4OCCC(O)C(F)(F)F)C3CC[C@H]2C1. The van der Waals surface area contributed by atoms with Gasteiger partial charge in [0, 0.05) is 13.0 Å². The van der Waals surface area contributed by atoms with E-state index < -0.39 is 17.9 Å². The Morgan fingerprint density at radius 2 is 1.63 bits per heavy atom. The topological polar surface area (TPSA) is 49.7 Å². The first-order valence-corrected chi connectivity index (χ1v) is 12.0. The maximum atomic E-state index is 12.6. The van der Waals surface area contributed by atoms with Gasteiger partial charge in [0.25, 0.3) is 0 Å². The maximum absolute atomic E-state index is 12.6. The molecule has 4 fully saturated rings. The minimum Gasteiger partial charge on any atom is -0.390 e. The molecule has 4 unspecified atom stereocenters. The number of aliphatic hydroxyl groups excluding tert-OH is 1. The summed E-state index contributed by atoms with van der Waals surface area (Å²) >= 11 is 0. The lowest BCUT2D eigenvalue weighted by Gasteiger charge is -2.61. The van der Waals surface area contributed by atoms with Crippen molar-refractivity contribution in [1.82, 2.24) is 0 Å². The highest BCUT2D eigenvalue weighted by Crippen LogP contribution is 2.67. The lowest BCUT2D eigenvalue weighted by Crippen LogP contribution is -2.56. The number of fused-ring (bicyclic) bond motifs is 5. The Morgan fingerprint density at radius 3 is 2.33 bits per heavy atom. The zero-order valence-electron chi connectivity index (χ0n) is 18.7. The van der Waals surface area contributed by atoms with Gasteiger partial charge in [0.2, 0.25) is 0 Å². The van der Waals surface area contributed by atoms with E-state index in [2.05, 4.69) is 13.8 Å². The molecule has 0 bridgehead atoms. The van der Waals surface area contributed by atoms with Crippen molar-refractivity contribution in [2.24, 2.45) is 34.5 Å². The van der Waals surface area contributed by atoms with Crippen molar-refractivity contribution >= 4 is 0 Å². The van der Waals surface area contributed by atoms with Gasteiger partial charge in [0.15, 0.2) is 6.10 Å². The highest BCUT2D eigenvalue weighted by molar-refractivity contribution is 5.10. The fraction of sp³-hybridized carbons (Fsp3) is 1.00. The van der Waals surface area contributed by atoms with Crippen molar-refractivity contribution in [2.45, 2.75) is 109 Å². The van der Waals surface area contributed by atoms with E-state index in [4.69, 9.17) is 4.74 Å².